The summed E-state index contributed by atoms with van der Waals surface area (Å²) in [6.07, 6.45) is 5.67. The topological polar surface area (TPSA) is 9.23 Å². The smallest absolute Gasteiger partial charge is 0.149 e. The van der Waals surface area contributed by atoms with Crippen molar-refractivity contribution in [2.45, 2.75) is 33.1 Å². The minimum atomic E-state index is 0.389. The van der Waals surface area contributed by atoms with Crippen LogP contribution in [0.25, 0.3) is 0 Å². The second-order valence-electron chi connectivity index (χ2n) is 3.81. The molecule has 0 spiro atoms. The highest BCUT2D eigenvalue weighted by molar-refractivity contribution is 8.02. The van der Waals surface area contributed by atoms with Crippen molar-refractivity contribution in [2.24, 2.45) is 5.41 Å². The van der Waals surface area contributed by atoms with Gasteiger partial charge in [0.25, 0.3) is 0 Å². The Morgan fingerprint density at radius 1 is 1.50 bits per heavy atom. The van der Waals surface area contributed by atoms with Crippen molar-refractivity contribution in [1.82, 2.24) is 0 Å². The monoisotopic (exact) mass is 232 g/mol. The summed E-state index contributed by atoms with van der Waals surface area (Å²) in [6.45, 7) is 5.38. The van der Waals surface area contributed by atoms with Gasteiger partial charge in [-0.15, -0.1) is 0 Å². The van der Waals surface area contributed by atoms with Crippen LogP contribution >= 0.6 is 24.4 Å². The van der Waals surface area contributed by atoms with Gasteiger partial charge in [0.05, 0.1) is 6.61 Å². The second-order valence-corrected chi connectivity index (χ2v) is 5.11. The molecule has 0 aromatic carbocycles. The van der Waals surface area contributed by atoms with E-state index in [1.807, 2.05) is 11.8 Å². The van der Waals surface area contributed by atoms with E-state index in [1.54, 1.807) is 0 Å². The van der Waals surface area contributed by atoms with E-state index in [9.17, 15) is 0 Å². The lowest BCUT2D eigenvalue weighted by Crippen LogP contribution is -2.24. The largest absolute Gasteiger partial charge is 0.487 e. The van der Waals surface area contributed by atoms with Crippen LogP contribution in [0, 0.1) is 5.41 Å². The standard InChI is InChI=1S/C11H20OS2/c1-3-11(4-2,8-13)9-14-10-6-5-7-12-10/h6,13H,3-5,7-9H2,1-2H3. The van der Waals surface area contributed by atoms with Crippen molar-refractivity contribution in [2.75, 3.05) is 18.1 Å². The lowest BCUT2D eigenvalue weighted by atomic mass is 9.87. The van der Waals surface area contributed by atoms with Crippen molar-refractivity contribution in [3.8, 4) is 0 Å². The molecule has 1 aliphatic rings. The number of thiol groups is 1. The molecule has 0 aliphatic carbocycles. The minimum absolute atomic E-state index is 0.389. The molecular weight excluding hydrogens is 212 g/mol. The van der Waals surface area contributed by atoms with E-state index in [2.05, 4.69) is 32.6 Å². The second kappa shape index (κ2) is 5.96. The van der Waals surface area contributed by atoms with Crippen molar-refractivity contribution in [1.29, 1.82) is 0 Å². The fourth-order valence-electron chi connectivity index (χ4n) is 1.44. The van der Waals surface area contributed by atoms with Crippen molar-refractivity contribution < 1.29 is 4.74 Å². The molecule has 1 heterocycles. The molecule has 0 amide bonds. The Labute approximate surface area is 97.1 Å². The maximum absolute atomic E-state index is 5.48. The van der Waals surface area contributed by atoms with E-state index in [1.165, 1.54) is 12.8 Å². The highest BCUT2D eigenvalue weighted by Crippen LogP contribution is 2.35. The van der Waals surface area contributed by atoms with Gasteiger partial charge in [0, 0.05) is 12.2 Å². The summed E-state index contributed by atoms with van der Waals surface area (Å²) in [6, 6.07) is 0. The van der Waals surface area contributed by atoms with E-state index in [-0.39, 0.29) is 0 Å². The molecule has 0 atom stereocenters. The summed E-state index contributed by atoms with van der Waals surface area (Å²) in [4.78, 5) is 0. The molecule has 0 fully saturated rings. The molecule has 1 nitrogen and oxygen atoms in total. The number of ether oxygens (including phenoxy) is 1. The summed E-state index contributed by atoms with van der Waals surface area (Å²) in [5.41, 5.74) is 0.389. The summed E-state index contributed by atoms with van der Waals surface area (Å²) < 4.78 is 5.48. The van der Waals surface area contributed by atoms with Crippen LogP contribution < -0.4 is 0 Å². The zero-order valence-corrected chi connectivity index (χ0v) is 10.8. The molecule has 0 unspecified atom stereocenters. The number of rotatable bonds is 6. The summed E-state index contributed by atoms with van der Waals surface area (Å²) in [5, 5.41) is 1.12. The van der Waals surface area contributed by atoms with Crippen LogP contribution in [0.4, 0.5) is 0 Å². The molecular formula is C11H20OS2. The lowest BCUT2D eigenvalue weighted by molar-refractivity contribution is 0.270. The van der Waals surface area contributed by atoms with Gasteiger partial charge >= 0.3 is 0 Å². The quantitative estimate of drug-likeness (QED) is 0.699. The molecule has 0 saturated carbocycles. The molecule has 14 heavy (non-hydrogen) atoms. The molecule has 1 aliphatic heterocycles. The SMILES string of the molecule is CCC(CC)(CS)CSC1=CCCO1. The number of thioether (sulfide) groups is 1. The fourth-order valence-corrected chi connectivity index (χ4v) is 3.51. The van der Waals surface area contributed by atoms with Crippen LogP contribution in [-0.2, 0) is 4.74 Å². The minimum Gasteiger partial charge on any atom is -0.487 e. The Kier molecular flexibility index (Phi) is 5.24. The average molecular weight is 232 g/mol. The first-order valence-corrected chi connectivity index (χ1v) is 6.95. The van der Waals surface area contributed by atoms with E-state index >= 15 is 0 Å². The molecule has 3 heteroatoms. The average Bonchev–Trinajstić information content (AvgIpc) is 2.74. The maximum Gasteiger partial charge on any atom is 0.149 e. The van der Waals surface area contributed by atoms with Gasteiger partial charge < -0.3 is 4.74 Å². The van der Waals surface area contributed by atoms with Crippen LogP contribution in [0.3, 0.4) is 0 Å². The molecule has 82 valence electrons. The Morgan fingerprint density at radius 2 is 2.21 bits per heavy atom. The molecule has 0 N–H and O–H groups in total. The Balaban J connectivity index is 2.39. The van der Waals surface area contributed by atoms with Crippen LogP contribution in [0.15, 0.2) is 11.2 Å². The third kappa shape index (κ3) is 3.13. The fraction of sp³-hybridized carbons (Fsp3) is 0.818. The summed E-state index contributed by atoms with van der Waals surface area (Å²) in [5.74, 6) is 2.11. The number of hydrogen-bond donors (Lipinski definition) is 1. The van der Waals surface area contributed by atoms with E-state index in [4.69, 9.17) is 4.74 Å². The van der Waals surface area contributed by atoms with Crippen LogP contribution in [0.5, 0.6) is 0 Å². The first-order valence-electron chi connectivity index (χ1n) is 5.33. The third-order valence-corrected chi connectivity index (χ3v) is 5.03. The van der Waals surface area contributed by atoms with Gasteiger partial charge in [-0.05, 0) is 30.1 Å². The van der Waals surface area contributed by atoms with E-state index < -0.39 is 0 Å². The van der Waals surface area contributed by atoms with Gasteiger partial charge in [-0.1, -0.05) is 25.6 Å². The van der Waals surface area contributed by atoms with Crippen LogP contribution in [0.2, 0.25) is 0 Å². The highest BCUT2D eigenvalue weighted by Gasteiger charge is 2.25. The van der Waals surface area contributed by atoms with Gasteiger partial charge in [-0.25, -0.2) is 0 Å². The Bertz CT molecular complexity index is 189. The first-order chi connectivity index (χ1) is 6.76. The lowest BCUT2D eigenvalue weighted by Gasteiger charge is -2.29. The zero-order chi connectivity index (χ0) is 10.4. The van der Waals surface area contributed by atoms with Gasteiger partial charge in [-0.2, -0.15) is 12.6 Å². The molecule has 0 aromatic rings. The first kappa shape index (κ1) is 12.3. The predicted octanol–water partition coefficient (Wildman–Crippen LogP) is 3.72. The molecule has 0 bridgehead atoms. The van der Waals surface area contributed by atoms with Gasteiger partial charge in [0.15, 0.2) is 0 Å². The van der Waals surface area contributed by atoms with Gasteiger partial charge in [0.1, 0.15) is 5.09 Å². The Hall–Kier alpha value is 0.240. The predicted molar refractivity (Wildman–Crippen MR) is 68.0 cm³/mol. The zero-order valence-electron chi connectivity index (χ0n) is 9.08. The highest BCUT2D eigenvalue weighted by atomic mass is 32.2. The summed E-state index contributed by atoms with van der Waals surface area (Å²) >= 11 is 6.32. The molecule has 0 saturated heterocycles. The van der Waals surface area contributed by atoms with Crippen LogP contribution in [0.1, 0.15) is 33.1 Å². The maximum atomic E-state index is 5.48. The molecule has 0 aromatic heterocycles. The van der Waals surface area contributed by atoms with Crippen molar-refractivity contribution in [3.05, 3.63) is 11.2 Å². The summed E-state index contributed by atoms with van der Waals surface area (Å²) in [7, 11) is 0. The Morgan fingerprint density at radius 3 is 2.64 bits per heavy atom. The van der Waals surface area contributed by atoms with Crippen molar-refractivity contribution in [3.63, 3.8) is 0 Å². The molecule has 1 rings (SSSR count). The van der Waals surface area contributed by atoms with Gasteiger partial charge in [0.2, 0.25) is 0 Å². The van der Waals surface area contributed by atoms with E-state index in [0.29, 0.717) is 5.41 Å². The van der Waals surface area contributed by atoms with Crippen molar-refractivity contribution >= 4 is 24.4 Å². The molecule has 0 radical (unpaired) electrons. The normalized spacial score (nSPS) is 16.6. The van der Waals surface area contributed by atoms with E-state index in [0.717, 1.165) is 29.6 Å². The third-order valence-electron chi connectivity index (χ3n) is 3.03. The van der Waals surface area contributed by atoms with Crippen LogP contribution in [-0.4, -0.2) is 18.1 Å². The number of hydrogen-bond acceptors (Lipinski definition) is 3. The van der Waals surface area contributed by atoms with Gasteiger partial charge in [-0.3, -0.25) is 0 Å².